The van der Waals surface area contributed by atoms with Crippen molar-refractivity contribution in [3.63, 3.8) is 0 Å². The minimum Gasteiger partial charge on any atom is -0.384 e. The minimum atomic E-state index is -1.00. The maximum absolute atomic E-state index is 11.4. The van der Waals surface area contributed by atoms with E-state index in [-0.39, 0.29) is 12.4 Å². The molecule has 0 radical (unpaired) electrons. The van der Waals surface area contributed by atoms with Crippen LogP contribution in [-0.4, -0.2) is 15.2 Å². The zero-order chi connectivity index (χ0) is 10.9. The van der Waals surface area contributed by atoms with Crippen LogP contribution in [-0.2, 0) is 6.54 Å². The second-order valence-electron chi connectivity index (χ2n) is 2.61. The molecule has 1 aromatic rings. The van der Waals surface area contributed by atoms with Gasteiger partial charge in [-0.15, -0.1) is 0 Å². The highest BCUT2D eigenvalue weighted by molar-refractivity contribution is 5.77. The fourth-order valence-corrected chi connectivity index (χ4v) is 1.11. The maximum atomic E-state index is 11.4. The number of nitrogens with zero attached hydrogens (tertiary/aromatic N) is 2. The molecule has 0 atom stereocenters. The Morgan fingerprint density at radius 2 is 2.07 bits per heavy atom. The second-order valence-corrected chi connectivity index (χ2v) is 2.61. The molecule has 7 nitrogen and oxygen atoms in total. The molecular weight excluding hydrogens is 188 g/mol. The van der Waals surface area contributed by atoms with Gasteiger partial charge in [0.05, 0.1) is 0 Å². The van der Waals surface area contributed by atoms with Gasteiger partial charge >= 0.3 is 11.7 Å². The molecule has 0 fully saturated rings. The summed E-state index contributed by atoms with van der Waals surface area (Å²) in [5.74, 6) is -0.253. The van der Waals surface area contributed by atoms with Gasteiger partial charge < -0.3 is 11.5 Å². The Morgan fingerprint density at radius 3 is 2.50 bits per heavy atom. The van der Waals surface area contributed by atoms with Crippen LogP contribution >= 0.6 is 0 Å². The molecule has 1 aromatic heterocycles. The average molecular weight is 198 g/mol. The average Bonchev–Trinajstić information content (AvgIpc) is 2.02. The summed E-state index contributed by atoms with van der Waals surface area (Å²) in [7, 11) is 0. The molecule has 1 rings (SSSR count). The van der Waals surface area contributed by atoms with Crippen LogP contribution in [0.1, 0.15) is 6.92 Å². The summed E-state index contributed by atoms with van der Waals surface area (Å²) in [5, 5.41) is 0. The number of aromatic nitrogens is 2. The lowest BCUT2D eigenvalue weighted by Gasteiger charge is -2.07. The Labute approximate surface area is 78.5 Å². The summed E-state index contributed by atoms with van der Waals surface area (Å²) in [5.41, 5.74) is 8.85. The maximum Gasteiger partial charge on any atom is 0.340 e. The van der Waals surface area contributed by atoms with Gasteiger partial charge in [0.2, 0.25) is 0 Å². The van der Waals surface area contributed by atoms with Crippen LogP contribution in [0.4, 0.5) is 10.6 Å². The van der Waals surface area contributed by atoms with Crippen LogP contribution in [0, 0.1) is 0 Å². The van der Waals surface area contributed by atoms with E-state index in [2.05, 4.69) is 0 Å². The topological polar surface area (TPSA) is 113 Å². The highest BCUT2D eigenvalue weighted by Crippen LogP contribution is 1.91. The number of primary amides is 1. The Morgan fingerprint density at radius 1 is 1.50 bits per heavy atom. The molecule has 14 heavy (non-hydrogen) atoms. The summed E-state index contributed by atoms with van der Waals surface area (Å²) >= 11 is 0. The largest absolute Gasteiger partial charge is 0.384 e. The molecule has 4 N–H and O–H groups in total. The van der Waals surface area contributed by atoms with Gasteiger partial charge in [0.1, 0.15) is 5.82 Å². The van der Waals surface area contributed by atoms with Gasteiger partial charge in [0.25, 0.3) is 5.56 Å². The Kier molecular flexibility index (Phi) is 2.41. The Bertz CT molecular complexity index is 485. The fraction of sp³-hybridized carbons (Fsp3) is 0.286. The summed E-state index contributed by atoms with van der Waals surface area (Å²) in [4.78, 5) is 33.4. The first-order valence-electron chi connectivity index (χ1n) is 3.91. The van der Waals surface area contributed by atoms with Crippen molar-refractivity contribution in [2.75, 3.05) is 5.73 Å². The molecule has 0 unspecified atom stereocenters. The molecule has 76 valence electrons. The monoisotopic (exact) mass is 198 g/mol. The van der Waals surface area contributed by atoms with Gasteiger partial charge in [-0.05, 0) is 6.92 Å². The van der Waals surface area contributed by atoms with E-state index < -0.39 is 17.3 Å². The molecule has 1 amide bonds. The molecule has 1 heterocycles. The number of nitrogen functional groups attached to an aromatic ring is 1. The number of carbonyl (C=O) groups is 1. The number of hydrogen-bond donors (Lipinski definition) is 2. The molecule has 0 bridgehead atoms. The molecule has 7 heteroatoms. The lowest BCUT2D eigenvalue weighted by Crippen LogP contribution is -2.44. The molecule has 0 saturated heterocycles. The normalized spacial score (nSPS) is 10.1. The van der Waals surface area contributed by atoms with E-state index in [1.807, 2.05) is 0 Å². The van der Waals surface area contributed by atoms with E-state index in [1.165, 1.54) is 0 Å². The molecular formula is C7H10N4O3. The van der Waals surface area contributed by atoms with Crippen LogP contribution in [0.2, 0.25) is 0 Å². The van der Waals surface area contributed by atoms with Gasteiger partial charge in [0.15, 0.2) is 0 Å². The van der Waals surface area contributed by atoms with Gasteiger partial charge in [-0.3, -0.25) is 9.36 Å². The van der Waals surface area contributed by atoms with E-state index in [9.17, 15) is 14.4 Å². The van der Waals surface area contributed by atoms with Gasteiger partial charge in [0, 0.05) is 12.6 Å². The first kappa shape index (κ1) is 10.0. The lowest BCUT2D eigenvalue weighted by molar-refractivity contribution is 0.249. The van der Waals surface area contributed by atoms with Crippen molar-refractivity contribution in [2.45, 2.75) is 13.5 Å². The molecule has 0 aromatic carbocycles. The third-order valence-electron chi connectivity index (χ3n) is 1.75. The molecule has 0 spiro atoms. The molecule has 0 aliphatic carbocycles. The predicted molar refractivity (Wildman–Crippen MR) is 50.0 cm³/mol. The quantitative estimate of drug-likeness (QED) is 0.573. The van der Waals surface area contributed by atoms with Crippen molar-refractivity contribution in [3.05, 3.63) is 26.9 Å². The minimum absolute atomic E-state index is 0.158. The highest BCUT2D eigenvalue weighted by Gasteiger charge is 2.11. The third kappa shape index (κ3) is 1.39. The van der Waals surface area contributed by atoms with Gasteiger partial charge in [-0.25, -0.2) is 9.59 Å². The Balaban J connectivity index is 3.70. The number of anilines is 1. The van der Waals surface area contributed by atoms with Gasteiger partial charge in [-0.1, -0.05) is 0 Å². The lowest BCUT2D eigenvalue weighted by atomic mass is 10.5. The third-order valence-corrected chi connectivity index (χ3v) is 1.75. The van der Waals surface area contributed by atoms with E-state index in [0.717, 1.165) is 10.6 Å². The summed E-state index contributed by atoms with van der Waals surface area (Å²) in [6.45, 7) is 1.76. The van der Waals surface area contributed by atoms with Gasteiger partial charge in [-0.2, -0.15) is 4.57 Å². The Hall–Kier alpha value is -2.05. The summed E-state index contributed by atoms with van der Waals surface area (Å²) < 4.78 is 1.41. The zero-order valence-electron chi connectivity index (χ0n) is 7.56. The number of amides is 1. The number of rotatable bonds is 1. The standard InChI is InChI=1S/C7H10N4O3/c1-2-10-5(12)3-4(8)11(6(9)13)7(10)14/h3H,2,8H2,1H3,(H2,9,13). The van der Waals surface area contributed by atoms with Crippen LogP contribution in [0.3, 0.4) is 0 Å². The predicted octanol–water partition coefficient (Wildman–Crippen LogP) is -1.46. The van der Waals surface area contributed by atoms with Crippen molar-refractivity contribution >= 4 is 11.8 Å². The molecule has 0 saturated carbocycles. The second kappa shape index (κ2) is 3.36. The van der Waals surface area contributed by atoms with Crippen molar-refractivity contribution in [2.24, 2.45) is 5.73 Å². The first-order valence-corrected chi connectivity index (χ1v) is 3.91. The zero-order valence-corrected chi connectivity index (χ0v) is 7.56. The number of hydrogen-bond acceptors (Lipinski definition) is 4. The van der Waals surface area contributed by atoms with Crippen LogP contribution in [0.15, 0.2) is 15.7 Å². The summed E-state index contributed by atoms with van der Waals surface area (Å²) in [6.07, 6.45) is 0. The fourth-order valence-electron chi connectivity index (χ4n) is 1.11. The molecule has 0 aliphatic rings. The van der Waals surface area contributed by atoms with E-state index >= 15 is 0 Å². The van der Waals surface area contributed by atoms with E-state index in [1.54, 1.807) is 6.92 Å². The van der Waals surface area contributed by atoms with E-state index in [0.29, 0.717) is 4.57 Å². The number of nitrogens with two attached hydrogens (primary N) is 2. The SMILES string of the molecule is CCn1c(=O)cc(N)n(C(N)=O)c1=O. The van der Waals surface area contributed by atoms with Crippen LogP contribution in [0.5, 0.6) is 0 Å². The van der Waals surface area contributed by atoms with Crippen molar-refractivity contribution < 1.29 is 4.79 Å². The molecule has 0 aliphatic heterocycles. The highest BCUT2D eigenvalue weighted by atomic mass is 16.2. The van der Waals surface area contributed by atoms with E-state index in [4.69, 9.17) is 11.5 Å². The van der Waals surface area contributed by atoms with Crippen molar-refractivity contribution in [1.29, 1.82) is 0 Å². The van der Waals surface area contributed by atoms with Crippen LogP contribution in [0.25, 0.3) is 0 Å². The summed E-state index contributed by atoms with van der Waals surface area (Å²) in [6, 6.07) is -0.0231. The van der Waals surface area contributed by atoms with Crippen molar-refractivity contribution in [3.8, 4) is 0 Å². The first-order chi connectivity index (χ1) is 6.49. The van der Waals surface area contributed by atoms with Crippen LogP contribution < -0.4 is 22.7 Å². The number of carbonyl (C=O) groups excluding carboxylic acids is 1. The van der Waals surface area contributed by atoms with Crippen molar-refractivity contribution in [1.82, 2.24) is 9.13 Å². The smallest absolute Gasteiger partial charge is 0.340 e.